The molecule has 0 aliphatic carbocycles. The van der Waals surface area contributed by atoms with E-state index < -0.39 is 7.04 Å². The fourth-order valence-electron chi connectivity index (χ4n) is 0.476. The summed E-state index contributed by atoms with van der Waals surface area (Å²) in [6, 6.07) is 1.47. The molecule has 3 heteroatoms. The zero-order valence-electron chi connectivity index (χ0n) is 7.66. The van der Waals surface area contributed by atoms with Gasteiger partial charge in [0.1, 0.15) is 0 Å². The SMILES string of the molecule is [2H]C([2H])([2H])Oc1cnccc1N. The Morgan fingerprint density at radius 1 is 1.89 bits per heavy atom. The lowest BCUT2D eigenvalue weighted by Gasteiger charge is -1.99. The number of hydrogen-bond donors (Lipinski definition) is 1. The first-order valence-electron chi connectivity index (χ1n) is 3.87. The molecule has 3 nitrogen and oxygen atoms in total. The van der Waals surface area contributed by atoms with E-state index in [0.717, 1.165) is 0 Å². The summed E-state index contributed by atoms with van der Waals surface area (Å²) in [7, 11) is -2.48. The second kappa shape index (κ2) is 2.35. The summed E-state index contributed by atoms with van der Waals surface area (Å²) in [6.07, 6.45) is 2.73. The van der Waals surface area contributed by atoms with Gasteiger partial charge in [-0.2, -0.15) is 0 Å². The minimum atomic E-state index is -2.48. The van der Waals surface area contributed by atoms with Crippen LogP contribution in [-0.4, -0.2) is 12.0 Å². The van der Waals surface area contributed by atoms with Gasteiger partial charge in [-0.05, 0) is 6.07 Å². The molecule has 0 spiro atoms. The molecule has 48 valence electrons. The fraction of sp³-hybridized carbons (Fsp3) is 0.167. The predicted molar refractivity (Wildman–Crippen MR) is 35.2 cm³/mol. The van der Waals surface area contributed by atoms with Gasteiger partial charge in [0.25, 0.3) is 0 Å². The lowest BCUT2D eigenvalue weighted by atomic mass is 10.4. The summed E-state index contributed by atoms with van der Waals surface area (Å²) in [5.74, 6) is 0.0810. The van der Waals surface area contributed by atoms with E-state index in [1.807, 2.05) is 0 Å². The molecular weight excluding hydrogens is 116 g/mol. The number of aromatic nitrogens is 1. The molecule has 0 fully saturated rings. The van der Waals surface area contributed by atoms with Gasteiger partial charge < -0.3 is 10.5 Å². The number of hydrogen-bond acceptors (Lipinski definition) is 3. The lowest BCUT2D eigenvalue weighted by Crippen LogP contribution is -1.91. The first-order chi connectivity index (χ1) is 5.49. The topological polar surface area (TPSA) is 48.1 Å². The van der Waals surface area contributed by atoms with Crippen LogP contribution in [0.4, 0.5) is 5.69 Å². The zero-order chi connectivity index (χ0) is 9.19. The van der Waals surface area contributed by atoms with Crippen LogP contribution in [0.3, 0.4) is 0 Å². The highest BCUT2D eigenvalue weighted by molar-refractivity contribution is 5.49. The van der Waals surface area contributed by atoms with Gasteiger partial charge in [0.2, 0.25) is 0 Å². The standard InChI is InChI=1S/C6H8N2O/c1-9-6-4-8-3-2-5(6)7/h2-4H,1H3,(H2,7,8)/i1D3. The number of nitrogens with zero attached hydrogens (tertiary/aromatic N) is 1. The van der Waals surface area contributed by atoms with Crippen LogP contribution in [0.15, 0.2) is 18.5 Å². The number of rotatable bonds is 1. The highest BCUT2D eigenvalue weighted by atomic mass is 16.5. The van der Waals surface area contributed by atoms with Crippen molar-refractivity contribution in [1.82, 2.24) is 4.98 Å². The molecule has 0 saturated heterocycles. The van der Waals surface area contributed by atoms with Crippen molar-refractivity contribution in [3.8, 4) is 5.75 Å². The van der Waals surface area contributed by atoms with Gasteiger partial charge in [0, 0.05) is 6.20 Å². The van der Waals surface area contributed by atoms with Crippen molar-refractivity contribution in [3.63, 3.8) is 0 Å². The van der Waals surface area contributed by atoms with E-state index in [1.54, 1.807) is 0 Å². The molecule has 0 aliphatic heterocycles. The third kappa shape index (κ3) is 1.10. The maximum atomic E-state index is 6.79. The van der Waals surface area contributed by atoms with Crippen molar-refractivity contribution in [2.75, 3.05) is 12.8 Å². The Morgan fingerprint density at radius 2 is 2.78 bits per heavy atom. The molecule has 0 amide bonds. The minimum Gasteiger partial charge on any atom is -0.493 e. The molecule has 1 rings (SSSR count). The molecule has 0 saturated carbocycles. The number of ether oxygens (including phenoxy) is 1. The minimum absolute atomic E-state index is 0.0810. The van der Waals surface area contributed by atoms with Gasteiger partial charge in [0.15, 0.2) is 5.75 Å². The maximum Gasteiger partial charge on any atom is 0.159 e. The quantitative estimate of drug-likeness (QED) is 0.603. The summed E-state index contributed by atoms with van der Waals surface area (Å²) >= 11 is 0. The van der Waals surface area contributed by atoms with E-state index >= 15 is 0 Å². The van der Waals surface area contributed by atoms with Gasteiger partial charge in [-0.1, -0.05) is 0 Å². The zero-order valence-corrected chi connectivity index (χ0v) is 4.66. The van der Waals surface area contributed by atoms with Crippen LogP contribution in [0.2, 0.25) is 0 Å². The molecule has 2 N–H and O–H groups in total. The van der Waals surface area contributed by atoms with E-state index in [4.69, 9.17) is 9.85 Å². The van der Waals surface area contributed by atoms with Crippen LogP contribution in [0.5, 0.6) is 5.75 Å². The van der Waals surface area contributed by atoms with E-state index in [2.05, 4.69) is 9.72 Å². The van der Waals surface area contributed by atoms with E-state index in [9.17, 15) is 0 Å². The van der Waals surface area contributed by atoms with Gasteiger partial charge in [0.05, 0.1) is 23.0 Å². The van der Waals surface area contributed by atoms with Crippen LogP contribution in [0, 0.1) is 0 Å². The normalized spacial score (nSPS) is 15.3. The van der Waals surface area contributed by atoms with Crippen molar-refractivity contribution >= 4 is 5.69 Å². The molecular formula is C6H8N2O. The average molecular weight is 127 g/mol. The fourth-order valence-corrected chi connectivity index (χ4v) is 0.476. The van der Waals surface area contributed by atoms with Gasteiger partial charge in [-0.3, -0.25) is 4.98 Å². The average Bonchev–Trinajstić information content (AvgIpc) is 1.91. The highest BCUT2D eigenvalue weighted by Crippen LogP contribution is 2.16. The van der Waals surface area contributed by atoms with Crippen LogP contribution in [0.25, 0.3) is 0 Å². The predicted octanol–water partition coefficient (Wildman–Crippen LogP) is 0.672. The molecule has 0 bridgehead atoms. The summed E-state index contributed by atoms with van der Waals surface area (Å²) < 4.78 is 24.9. The Bertz CT molecular complexity index is 274. The van der Waals surface area contributed by atoms with Crippen molar-refractivity contribution < 1.29 is 8.85 Å². The largest absolute Gasteiger partial charge is 0.493 e. The summed E-state index contributed by atoms with van der Waals surface area (Å²) in [4.78, 5) is 3.67. The molecule has 1 aromatic rings. The van der Waals surface area contributed by atoms with Crippen LogP contribution < -0.4 is 10.5 Å². The summed E-state index contributed by atoms with van der Waals surface area (Å²) in [5.41, 5.74) is 5.68. The molecule has 0 aliphatic rings. The maximum absolute atomic E-state index is 6.79. The van der Waals surface area contributed by atoms with Gasteiger partial charge in [-0.15, -0.1) is 0 Å². The van der Waals surface area contributed by atoms with Gasteiger partial charge in [-0.25, -0.2) is 0 Å². The van der Waals surface area contributed by atoms with Crippen molar-refractivity contribution in [2.24, 2.45) is 0 Å². The van der Waals surface area contributed by atoms with E-state index in [1.165, 1.54) is 18.5 Å². The van der Waals surface area contributed by atoms with E-state index in [0.29, 0.717) is 0 Å². The Hall–Kier alpha value is -1.25. The Kier molecular flexibility index (Phi) is 0.797. The number of nitrogen functional groups attached to an aromatic ring is 1. The molecule has 0 unspecified atom stereocenters. The third-order valence-electron chi connectivity index (χ3n) is 0.926. The Labute approximate surface area is 57.7 Å². The van der Waals surface area contributed by atoms with Gasteiger partial charge >= 0.3 is 0 Å². The third-order valence-corrected chi connectivity index (χ3v) is 0.926. The summed E-state index contributed by atoms with van der Waals surface area (Å²) in [5, 5.41) is 0. The molecule has 0 radical (unpaired) electrons. The highest BCUT2D eigenvalue weighted by Gasteiger charge is 1.92. The first kappa shape index (κ1) is 3.06. The molecule has 1 heterocycles. The molecule has 9 heavy (non-hydrogen) atoms. The van der Waals surface area contributed by atoms with Crippen molar-refractivity contribution in [3.05, 3.63) is 18.5 Å². The first-order valence-corrected chi connectivity index (χ1v) is 2.37. The summed E-state index contributed by atoms with van der Waals surface area (Å²) in [6.45, 7) is 0. The number of nitrogens with two attached hydrogens (primary N) is 1. The van der Waals surface area contributed by atoms with Crippen LogP contribution in [-0.2, 0) is 0 Å². The monoisotopic (exact) mass is 127 g/mol. The second-order valence-electron chi connectivity index (χ2n) is 1.52. The van der Waals surface area contributed by atoms with E-state index in [-0.39, 0.29) is 11.4 Å². The Balaban J connectivity index is 2.83. The van der Waals surface area contributed by atoms with Crippen molar-refractivity contribution in [1.29, 1.82) is 0 Å². The van der Waals surface area contributed by atoms with Crippen LogP contribution >= 0.6 is 0 Å². The number of methoxy groups -OCH3 is 1. The Morgan fingerprint density at radius 3 is 3.44 bits per heavy atom. The smallest absolute Gasteiger partial charge is 0.159 e. The second-order valence-corrected chi connectivity index (χ2v) is 1.52. The molecule has 0 atom stereocenters. The lowest BCUT2D eigenvalue weighted by molar-refractivity contribution is 0.415. The molecule has 1 aromatic heterocycles. The molecule has 0 aromatic carbocycles. The number of anilines is 1. The number of pyridine rings is 1. The van der Waals surface area contributed by atoms with Crippen molar-refractivity contribution in [2.45, 2.75) is 0 Å². The van der Waals surface area contributed by atoms with Crippen LogP contribution in [0.1, 0.15) is 4.11 Å².